The fraction of sp³-hybridized carbons (Fsp3) is 0.375. The van der Waals surface area contributed by atoms with Crippen molar-refractivity contribution >= 4 is 28.9 Å². The molecule has 0 bridgehead atoms. The van der Waals surface area contributed by atoms with E-state index in [1.807, 2.05) is 32.2 Å². The van der Waals surface area contributed by atoms with Crippen LogP contribution in [0.5, 0.6) is 0 Å². The highest BCUT2D eigenvalue weighted by molar-refractivity contribution is 7.09. The highest BCUT2D eigenvalue weighted by Crippen LogP contribution is 2.12. The molecule has 0 aliphatic heterocycles. The molecule has 22 heavy (non-hydrogen) atoms. The van der Waals surface area contributed by atoms with E-state index >= 15 is 0 Å². The summed E-state index contributed by atoms with van der Waals surface area (Å²) in [5, 5.41) is 7.34. The van der Waals surface area contributed by atoms with Gasteiger partial charge in [-0.05, 0) is 24.6 Å². The maximum absolute atomic E-state index is 6.02. The van der Waals surface area contributed by atoms with Gasteiger partial charge < -0.3 is 10.2 Å². The van der Waals surface area contributed by atoms with Crippen LogP contribution in [0, 0.1) is 6.92 Å². The lowest BCUT2D eigenvalue weighted by atomic mass is 10.2. The van der Waals surface area contributed by atoms with Gasteiger partial charge in [-0.3, -0.25) is 4.99 Å². The second kappa shape index (κ2) is 8.15. The van der Waals surface area contributed by atoms with Crippen molar-refractivity contribution in [2.75, 3.05) is 20.6 Å². The molecule has 0 fully saturated rings. The number of guanidine groups is 1. The van der Waals surface area contributed by atoms with Gasteiger partial charge in [0.2, 0.25) is 0 Å². The molecule has 4 nitrogen and oxygen atoms in total. The summed E-state index contributed by atoms with van der Waals surface area (Å²) in [6.07, 6.45) is 0.897. The summed E-state index contributed by atoms with van der Waals surface area (Å²) >= 11 is 7.71. The number of aryl methyl sites for hydroxylation is 1. The number of nitrogens with zero attached hydrogens (tertiary/aromatic N) is 3. The topological polar surface area (TPSA) is 40.5 Å². The Morgan fingerprint density at radius 2 is 2.27 bits per heavy atom. The van der Waals surface area contributed by atoms with Gasteiger partial charge in [-0.15, -0.1) is 11.3 Å². The highest BCUT2D eigenvalue weighted by atomic mass is 35.5. The van der Waals surface area contributed by atoms with Crippen molar-refractivity contribution in [1.29, 1.82) is 0 Å². The fourth-order valence-corrected chi connectivity index (χ4v) is 3.05. The first-order chi connectivity index (χ1) is 10.6. The van der Waals surface area contributed by atoms with E-state index in [4.69, 9.17) is 11.6 Å². The first-order valence-electron chi connectivity index (χ1n) is 7.15. The number of hydrogen-bond acceptors (Lipinski definition) is 3. The number of benzene rings is 1. The molecule has 0 aliphatic carbocycles. The Kier molecular flexibility index (Phi) is 6.21. The largest absolute Gasteiger partial charge is 0.356 e. The molecule has 0 saturated carbocycles. The Labute approximate surface area is 140 Å². The van der Waals surface area contributed by atoms with E-state index in [-0.39, 0.29) is 0 Å². The van der Waals surface area contributed by atoms with Crippen LogP contribution in [0.2, 0.25) is 5.02 Å². The molecule has 6 heteroatoms. The lowest BCUT2D eigenvalue weighted by Gasteiger charge is -2.22. The molecule has 0 aliphatic rings. The molecule has 1 N–H and O–H groups in total. The Morgan fingerprint density at radius 1 is 1.45 bits per heavy atom. The van der Waals surface area contributed by atoms with Gasteiger partial charge in [0.05, 0.1) is 10.7 Å². The first kappa shape index (κ1) is 16.8. The van der Waals surface area contributed by atoms with E-state index in [1.165, 1.54) is 0 Å². The molecule has 0 saturated heterocycles. The lowest BCUT2D eigenvalue weighted by Crippen LogP contribution is -2.39. The van der Waals surface area contributed by atoms with Crippen LogP contribution >= 0.6 is 22.9 Å². The summed E-state index contributed by atoms with van der Waals surface area (Å²) in [7, 11) is 3.81. The molecule has 1 aromatic heterocycles. The molecular formula is C16H21ClN4S. The number of rotatable bonds is 5. The van der Waals surface area contributed by atoms with Crippen molar-refractivity contribution in [2.24, 2.45) is 4.99 Å². The third kappa shape index (κ3) is 5.00. The van der Waals surface area contributed by atoms with Crippen LogP contribution in [0.4, 0.5) is 0 Å². The SMILES string of the molecule is CN=C(NCCc1csc(C)n1)N(C)Cc1cccc(Cl)c1. The minimum atomic E-state index is 0.757. The minimum absolute atomic E-state index is 0.757. The van der Waals surface area contributed by atoms with Gasteiger partial charge in [0.1, 0.15) is 0 Å². The predicted octanol–water partition coefficient (Wildman–Crippen LogP) is 3.35. The summed E-state index contributed by atoms with van der Waals surface area (Å²) in [5.74, 6) is 0.868. The van der Waals surface area contributed by atoms with Crippen molar-refractivity contribution in [3.8, 4) is 0 Å². The van der Waals surface area contributed by atoms with Crippen LogP contribution in [0.25, 0.3) is 0 Å². The molecule has 0 unspecified atom stereocenters. The normalized spacial score (nSPS) is 11.5. The number of nitrogens with one attached hydrogen (secondary N) is 1. The smallest absolute Gasteiger partial charge is 0.193 e. The van der Waals surface area contributed by atoms with Gasteiger partial charge in [-0.25, -0.2) is 4.98 Å². The van der Waals surface area contributed by atoms with Crippen LogP contribution in [0.15, 0.2) is 34.6 Å². The van der Waals surface area contributed by atoms with Gasteiger partial charge in [0, 0.05) is 44.0 Å². The van der Waals surface area contributed by atoms with Crippen LogP contribution < -0.4 is 5.32 Å². The maximum atomic E-state index is 6.02. The van der Waals surface area contributed by atoms with E-state index in [0.717, 1.165) is 46.8 Å². The molecule has 2 rings (SSSR count). The summed E-state index contributed by atoms with van der Waals surface area (Å²) in [5.41, 5.74) is 2.29. The van der Waals surface area contributed by atoms with E-state index in [1.54, 1.807) is 18.4 Å². The van der Waals surface area contributed by atoms with Crippen LogP contribution in [0.1, 0.15) is 16.3 Å². The van der Waals surface area contributed by atoms with Crippen molar-refractivity contribution in [3.05, 3.63) is 50.9 Å². The molecule has 1 heterocycles. The first-order valence-corrected chi connectivity index (χ1v) is 8.41. The van der Waals surface area contributed by atoms with E-state index in [2.05, 4.69) is 31.6 Å². The zero-order chi connectivity index (χ0) is 15.9. The number of aromatic nitrogens is 1. The second-order valence-corrected chi connectivity index (χ2v) is 6.57. The summed E-state index contributed by atoms with van der Waals surface area (Å²) < 4.78 is 0. The van der Waals surface area contributed by atoms with E-state index in [0.29, 0.717) is 0 Å². The molecule has 0 amide bonds. The van der Waals surface area contributed by atoms with Crippen molar-refractivity contribution < 1.29 is 0 Å². The standard InChI is InChI=1S/C16H21ClN4S/c1-12-20-15(11-22-12)7-8-19-16(18-2)21(3)10-13-5-4-6-14(17)9-13/h4-6,9,11H,7-8,10H2,1-3H3,(H,18,19). The van der Waals surface area contributed by atoms with Gasteiger partial charge in [0.15, 0.2) is 5.96 Å². The van der Waals surface area contributed by atoms with E-state index < -0.39 is 0 Å². The van der Waals surface area contributed by atoms with Gasteiger partial charge in [-0.2, -0.15) is 0 Å². The van der Waals surface area contributed by atoms with Gasteiger partial charge in [-0.1, -0.05) is 23.7 Å². The fourth-order valence-electron chi connectivity index (χ4n) is 2.19. The van der Waals surface area contributed by atoms with Crippen LogP contribution in [0.3, 0.4) is 0 Å². The predicted molar refractivity (Wildman–Crippen MR) is 94.8 cm³/mol. The molecule has 0 radical (unpaired) electrons. The lowest BCUT2D eigenvalue weighted by molar-refractivity contribution is 0.477. The second-order valence-electron chi connectivity index (χ2n) is 5.07. The zero-order valence-corrected chi connectivity index (χ0v) is 14.7. The Morgan fingerprint density at radius 3 is 2.91 bits per heavy atom. The zero-order valence-electron chi connectivity index (χ0n) is 13.1. The third-order valence-electron chi connectivity index (χ3n) is 3.21. The molecule has 0 atom stereocenters. The van der Waals surface area contributed by atoms with Gasteiger partial charge >= 0.3 is 0 Å². The van der Waals surface area contributed by atoms with Crippen LogP contribution in [-0.4, -0.2) is 36.5 Å². The summed E-state index contributed by atoms with van der Waals surface area (Å²) in [6, 6.07) is 7.89. The van der Waals surface area contributed by atoms with E-state index in [9.17, 15) is 0 Å². The molecule has 0 spiro atoms. The van der Waals surface area contributed by atoms with Gasteiger partial charge in [0.25, 0.3) is 0 Å². The number of thiazole rings is 1. The van der Waals surface area contributed by atoms with Crippen LogP contribution in [-0.2, 0) is 13.0 Å². The minimum Gasteiger partial charge on any atom is -0.356 e. The highest BCUT2D eigenvalue weighted by Gasteiger charge is 2.07. The molecule has 2 aromatic rings. The quantitative estimate of drug-likeness (QED) is 0.672. The third-order valence-corrected chi connectivity index (χ3v) is 4.27. The molecule has 1 aromatic carbocycles. The summed E-state index contributed by atoms with van der Waals surface area (Å²) in [4.78, 5) is 10.9. The Hall–Kier alpha value is -1.59. The maximum Gasteiger partial charge on any atom is 0.193 e. The molecule has 118 valence electrons. The Bertz CT molecular complexity index is 639. The Balaban J connectivity index is 1.85. The van der Waals surface area contributed by atoms with Crippen molar-refractivity contribution in [1.82, 2.24) is 15.2 Å². The number of halogens is 1. The average Bonchev–Trinajstić information content (AvgIpc) is 2.89. The van der Waals surface area contributed by atoms with Crippen molar-refractivity contribution in [2.45, 2.75) is 19.9 Å². The van der Waals surface area contributed by atoms with Crippen molar-refractivity contribution in [3.63, 3.8) is 0 Å². The number of aliphatic imine (C=N–C) groups is 1. The average molecular weight is 337 g/mol. The summed E-state index contributed by atoms with van der Waals surface area (Å²) in [6.45, 7) is 3.60. The molecular weight excluding hydrogens is 316 g/mol. The number of hydrogen-bond donors (Lipinski definition) is 1. The monoisotopic (exact) mass is 336 g/mol.